The molecule has 27 heavy (non-hydrogen) atoms. The average Bonchev–Trinajstić information content (AvgIpc) is 2.71. The molecule has 0 N–H and O–H groups in total. The Labute approximate surface area is 160 Å². The lowest BCUT2D eigenvalue weighted by atomic mass is 10.2. The summed E-state index contributed by atoms with van der Waals surface area (Å²) in [6, 6.07) is 17.4. The molecule has 0 saturated heterocycles. The van der Waals surface area contributed by atoms with Crippen molar-refractivity contribution in [2.45, 2.75) is 19.3 Å². The molecule has 0 spiro atoms. The maximum atomic E-state index is 8.51. The number of rotatable bonds is 10. The van der Waals surface area contributed by atoms with Gasteiger partial charge >= 0.3 is 0 Å². The molecule has 0 aromatic heterocycles. The van der Waals surface area contributed by atoms with Crippen LogP contribution in [0.3, 0.4) is 0 Å². The minimum Gasteiger partial charge on any atom is -0.494 e. The highest BCUT2D eigenvalue weighted by Gasteiger charge is 1.97. The van der Waals surface area contributed by atoms with Gasteiger partial charge in [-0.1, -0.05) is 30.3 Å². The zero-order valence-corrected chi connectivity index (χ0v) is 15.2. The lowest BCUT2D eigenvalue weighted by molar-refractivity contribution is 0.279. The van der Waals surface area contributed by atoms with Crippen molar-refractivity contribution in [2.24, 2.45) is 0 Å². The number of hydrogen-bond acceptors (Lipinski definition) is 3. The molecule has 2 aromatic carbocycles. The van der Waals surface area contributed by atoms with Crippen molar-refractivity contribution in [3.05, 3.63) is 83.4 Å². The minimum atomic E-state index is 0.676. The third-order valence-electron chi connectivity index (χ3n) is 3.78. The lowest BCUT2D eigenvalue weighted by Gasteiger charge is -2.08. The number of unbranched alkanes of at least 4 members (excludes halogenated alkanes) is 2. The van der Waals surface area contributed by atoms with E-state index in [2.05, 4.69) is 4.85 Å². The Bertz CT molecular complexity index is 751. The Morgan fingerprint density at radius 2 is 1.33 bits per heavy atom. The number of hydrogen-bond donors (Lipinski definition) is 0. The van der Waals surface area contributed by atoms with Gasteiger partial charge in [-0.25, -0.2) is 4.85 Å². The largest absolute Gasteiger partial charge is 0.494 e. The first kappa shape index (κ1) is 19.8. The highest BCUT2D eigenvalue weighted by atomic mass is 16.5. The molecule has 0 radical (unpaired) electrons. The van der Waals surface area contributed by atoms with Gasteiger partial charge in [-0.3, -0.25) is 0 Å². The molecular formula is C23H22N2O2. The molecule has 0 aliphatic carbocycles. The highest BCUT2D eigenvalue weighted by molar-refractivity contribution is 5.53. The van der Waals surface area contributed by atoms with Crippen LogP contribution in [0.2, 0.25) is 0 Å². The predicted octanol–water partition coefficient (Wildman–Crippen LogP) is 5.74. The van der Waals surface area contributed by atoms with Crippen LogP contribution in [0.15, 0.2) is 60.8 Å². The summed E-state index contributed by atoms with van der Waals surface area (Å²) in [7, 11) is 0. The monoisotopic (exact) mass is 358 g/mol. The summed E-state index contributed by atoms with van der Waals surface area (Å²) in [5.41, 5.74) is 1.97. The van der Waals surface area contributed by atoms with Gasteiger partial charge in [0.25, 0.3) is 0 Å². The van der Waals surface area contributed by atoms with E-state index in [1.54, 1.807) is 12.2 Å². The van der Waals surface area contributed by atoms with Crippen LogP contribution in [0.1, 0.15) is 30.4 Å². The van der Waals surface area contributed by atoms with E-state index >= 15 is 0 Å². The Morgan fingerprint density at radius 3 is 1.81 bits per heavy atom. The number of benzene rings is 2. The molecule has 0 heterocycles. The van der Waals surface area contributed by atoms with Crippen molar-refractivity contribution < 1.29 is 9.47 Å². The van der Waals surface area contributed by atoms with Crippen LogP contribution in [-0.2, 0) is 0 Å². The maximum absolute atomic E-state index is 8.51. The first-order chi connectivity index (χ1) is 13.3. The first-order valence-electron chi connectivity index (χ1n) is 8.87. The minimum absolute atomic E-state index is 0.676. The molecule has 0 atom stereocenters. The normalized spacial score (nSPS) is 10.6. The smallest absolute Gasteiger partial charge is 0.154 e. The molecule has 136 valence electrons. The quantitative estimate of drug-likeness (QED) is 0.309. The van der Waals surface area contributed by atoms with E-state index in [1.807, 2.05) is 54.6 Å². The summed E-state index contributed by atoms with van der Waals surface area (Å²) >= 11 is 0. The number of nitriles is 1. The van der Waals surface area contributed by atoms with E-state index < -0.39 is 0 Å². The summed E-state index contributed by atoms with van der Waals surface area (Å²) < 4.78 is 11.4. The first-order valence-corrected chi connectivity index (χ1v) is 8.87. The van der Waals surface area contributed by atoms with E-state index in [9.17, 15) is 0 Å². The van der Waals surface area contributed by atoms with Gasteiger partial charge in [0.05, 0.1) is 25.9 Å². The zero-order chi connectivity index (χ0) is 19.2. The van der Waals surface area contributed by atoms with Crippen molar-refractivity contribution in [1.82, 2.24) is 0 Å². The van der Waals surface area contributed by atoms with Gasteiger partial charge < -0.3 is 9.47 Å². The molecule has 2 aromatic rings. The second kappa shape index (κ2) is 12.0. The van der Waals surface area contributed by atoms with Crippen molar-refractivity contribution in [2.75, 3.05) is 13.2 Å². The molecule has 0 unspecified atom stereocenters. The zero-order valence-electron chi connectivity index (χ0n) is 15.2. The van der Waals surface area contributed by atoms with Gasteiger partial charge in [-0.2, -0.15) is 5.26 Å². The Hall–Kier alpha value is -3.50. The SMILES string of the molecule is [C-]#[N+]/C=C/c1ccc(OCCCCCOc2ccc(/C=C/C#N)cc2)cc1. The summed E-state index contributed by atoms with van der Waals surface area (Å²) in [5, 5.41) is 8.51. The third kappa shape index (κ3) is 7.94. The third-order valence-corrected chi connectivity index (χ3v) is 3.78. The van der Waals surface area contributed by atoms with Gasteiger partial charge in [0, 0.05) is 6.08 Å². The molecule has 0 aliphatic heterocycles. The number of ether oxygens (including phenoxy) is 2. The van der Waals surface area contributed by atoms with Crippen molar-refractivity contribution in [3.63, 3.8) is 0 Å². The van der Waals surface area contributed by atoms with Crippen LogP contribution in [0.4, 0.5) is 0 Å². The molecule has 0 amide bonds. The molecule has 2 rings (SSSR count). The molecular weight excluding hydrogens is 336 g/mol. The van der Waals surface area contributed by atoms with Crippen molar-refractivity contribution in [1.29, 1.82) is 5.26 Å². The topological polar surface area (TPSA) is 46.6 Å². The van der Waals surface area contributed by atoms with Crippen LogP contribution < -0.4 is 9.47 Å². The van der Waals surface area contributed by atoms with Gasteiger partial charge in [-0.05, 0) is 60.7 Å². The fraction of sp³-hybridized carbons (Fsp3) is 0.217. The Balaban J connectivity index is 1.57. The lowest BCUT2D eigenvalue weighted by Crippen LogP contribution is -2.01. The molecule has 4 nitrogen and oxygen atoms in total. The standard InChI is InChI=1S/C23H22N2O2/c1-25-17-15-21-9-13-23(14-10-21)27-19-4-2-3-18-26-22-11-7-20(8-12-22)6-5-16-24/h5-15,17H,2-4,18-19H2/b6-5+,17-15+. The van der Waals surface area contributed by atoms with Crippen LogP contribution >= 0.6 is 0 Å². The van der Waals surface area contributed by atoms with Gasteiger partial charge in [0.1, 0.15) is 11.5 Å². The van der Waals surface area contributed by atoms with Crippen LogP contribution in [0, 0.1) is 17.9 Å². The van der Waals surface area contributed by atoms with Crippen LogP contribution in [0.25, 0.3) is 17.0 Å². The van der Waals surface area contributed by atoms with Crippen molar-refractivity contribution in [3.8, 4) is 17.6 Å². The summed E-state index contributed by atoms with van der Waals surface area (Å²) in [5.74, 6) is 1.68. The second-order valence-corrected chi connectivity index (χ2v) is 5.80. The van der Waals surface area contributed by atoms with E-state index in [0.717, 1.165) is 41.9 Å². The van der Waals surface area contributed by atoms with Crippen molar-refractivity contribution >= 4 is 12.2 Å². The van der Waals surface area contributed by atoms with Crippen LogP contribution in [0.5, 0.6) is 11.5 Å². The van der Waals surface area contributed by atoms with Gasteiger partial charge in [0.15, 0.2) is 6.20 Å². The molecule has 0 aliphatic rings. The average molecular weight is 358 g/mol. The summed E-state index contributed by atoms with van der Waals surface area (Å²) in [6.45, 7) is 8.08. The summed E-state index contributed by atoms with van der Waals surface area (Å²) in [6.07, 6.45) is 9.42. The van der Waals surface area contributed by atoms with E-state index in [4.69, 9.17) is 21.3 Å². The van der Waals surface area contributed by atoms with Gasteiger partial charge in [-0.15, -0.1) is 0 Å². The number of nitrogens with zero attached hydrogens (tertiary/aromatic N) is 2. The maximum Gasteiger partial charge on any atom is 0.154 e. The predicted molar refractivity (Wildman–Crippen MR) is 108 cm³/mol. The van der Waals surface area contributed by atoms with E-state index in [0.29, 0.717) is 13.2 Å². The Kier molecular flexibility index (Phi) is 8.77. The highest BCUT2D eigenvalue weighted by Crippen LogP contribution is 2.15. The second-order valence-electron chi connectivity index (χ2n) is 5.80. The fourth-order valence-corrected chi connectivity index (χ4v) is 2.37. The molecule has 0 bridgehead atoms. The molecule has 4 heteroatoms. The number of allylic oxidation sites excluding steroid dienone is 1. The molecule has 0 fully saturated rings. The molecule has 0 saturated carbocycles. The van der Waals surface area contributed by atoms with E-state index in [-0.39, 0.29) is 0 Å². The van der Waals surface area contributed by atoms with E-state index in [1.165, 1.54) is 12.3 Å². The Morgan fingerprint density at radius 1 is 0.815 bits per heavy atom. The van der Waals surface area contributed by atoms with Crippen LogP contribution in [-0.4, -0.2) is 13.2 Å². The summed E-state index contributed by atoms with van der Waals surface area (Å²) in [4.78, 5) is 3.19. The fourth-order valence-electron chi connectivity index (χ4n) is 2.37. The van der Waals surface area contributed by atoms with Gasteiger partial charge in [0.2, 0.25) is 0 Å².